The highest BCUT2D eigenvalue weighted by atomic mass is 14.7. The van der Waals surface area contributed by atoms with E-state index in [1.165, 1.54) is 5.56 Å². The van der Waals surface area contributed by atoms with Gasteiger partial charge in [0.15, 0.2) is 0 Å². The maximum absolute atomic E-state index is 5.30. The largest absolute Gasteiger partial charge is 0.316 e. The first kappa shape index (κ1) is 12.7. The van der Waals surface area contributed by atoms with Crippen molar-refractivity contribution in [3.63, 3.8) is 0 Å². The van der Waals surface area contributed by atoms with E-state index in [0.717, 1.165) is 6.42 Å². The Hall–Kier alpha value is -1.26. The van der Waals surface area contributed by atoms with Gasteiger partial charge in [0.05, 0.1) is 5.54 Å². The fourth-order valence-electron chi connectivity index (χ4n) is 0.714. The van der Waals surface area contributed by atoms with E-state index in [9.17, 15) is 0 Å². The van der Waals surface area contributed by atoms with Crippen LogP contribution in [-0.2, 0) is 6.42 Å². The third-order valence-electron chi connectivity index (χ3n) is 1.62. The van der Waals surface area contributed by atoms with E-state index in [-0.39, 0.29) is 0 Å². The third kappa shape index (κ3) is 7.39. The maximum atomic E-state index is 5.30. The molecular formula is C13H19N. The number of nitrogens with two attached hydrogens (primary N) is 1. The summed E-state index contributed by atoms with van der Waals surface area (Å²) >= 11 is 0. The summed E-state index contributed by atoms with van der Waals surface area (Å²) in [5, 5.41) is 0. The standard InChI is InChI=1S/C8H10.C5H9N/c1-2-8-6-4-3-5-7-8;1-4-5(2,3)6/h3-7H,2H2,1H3;1H,6H2,2-3H3. The Labute approximate surface area is 87.3 Å². The van der Waals surface area contributed by atoms with E-state index in [1.807, 2.05) is 6.07 Å². The molecule has 0 saturated heterocycles. The first-order valence-corrected chi connectivity index (χ1v) is 4.80. The molecule has 0 saturated carbocycles. The van der Waals surface area contributed by atoms with Gasteiger partial charge in [-0.25, -0.2) is 0 Å². The van der Waals surface area contributed by atoms with Gasteiger partial charge in [0.25, 0.3) is 0 Å². The Morgan fingerprint density at radius 2 is 1.71 bits per heavy atom. The second-order valence-electron chi connectivity index (χ2n) is 3.71. The summed E-state index contributed by atoms with van der Waals surface area (Å²) in [6.45, 7) is 5.73. The smallest absolute Gasteiger partial charge is 0.0716 e. The monoisotopic (exact) mass is 189 g/mol. The lowest BCUT2D eigenvalue weighted by Gasteiger charge is -2.05. The van der Waals surface area contributed by atoms with Crippen LogP contribution in [0.5, 0.6) is 0 Å². The van der Waals surface area contributed by atoms with Gasteiger partial charge in [-0.3, -0.25) is 0 Å². The van der Waals surface area contributed by atoms with Gasteiger partial charge in [-0.1, -0.05) is 43.2 Å². The molecule has 0 atom stereocenters. The van der Waals surface area contributed by atoms with Gasteiger partial charge in [0.1, 0.15) is 0 Å². The number of aryl methyl sites for hydroxylation is 1. The fraction of sp³-hybridized carbons (Fsp3) is 0.385. The van der Waals surface area contributed by atoms with Crippen molar-refractivity contribution in [1.29, 1.82) is 0 Å². The van der Waals surface area contributed by atoms with Crippen molar-refractivity contribution < 1.29 is 0 Å². The zero-order chi connectivity index (χ0) is 11.0. The Balaban J connectivity index is 0.000000255. The molecule has 0 aliphatic heterocycles. The first-order chi connectivity index (χ1) is 6.49. The number of hydrogen-bond donors (Lipinski definition) is 1. The molecule has 1 rings (SSSR count). The van der Waals surface area contributed by atoms with Gasteiger partial charge in [-0.2, -0.15) is 0 Å². The lowest BCUT2D eigenvalue weighted by Crippen LogP contribution is -2.28. The molecule has 0 aromatic heterocycles. The molecule has 14 heavy (non-hydrogen) atoms. The summed E-state index contributed by atoms with van der Waals surface area (Å²) in [5.74, 6) is 2.38. The van der Waals surface area contributed by atoms with Crippen molar-refractivity contribution in [2.75, 3.05) is 0 Å². The Morgan fingerprint density at radius 1 is 1.29 bits per heavy atom. The highest BCUT2D eigenvalue weighted by Gasteiger charge is 2.00. The van der Waals surface area contributed by atoms with Crippen molar-refractivity contribution >= 4 is 0 Å². The van der Waals surface area contributed by atoms with Crippen molar-refractivity contribution in [3.05, 3.63) is 35.9 Å². The summed E-state index contributed by atoms with van der Waals surface area (Å²) in [6.07, 6.45) is 6.07. The van der Waals surface area contributed by atoms with E-state index in [2.05, 4.69) is 37.1 Å². The lowest BCUT2D eigenvalue weighted by atomic mass is 10.1. The minimum atomic E-state index is -0.431. The molecule has 0 bridgehead atoms. The topological polar surface area (TPSA) is 26.0 Å². The van der Waals surface area contributed by atoms with Crippen molar-refractivity contribution in [2.24, 2.45) is 5.73 Å². The Kier molecular flexibility index (Phi) is 5.67. The number of rotatable bonds is 1. The quantitative estimate of drug-likeness (QED) is 0.675. The first-order valence-electron chi connectivity index (χ1n) is 4.80. The van der Waals surface area contributed by atoms with Crippen LogP contribution < -0.4 is 5.73 Å². The molecule has 0 heterocycles. The molecule has 0 aliphatic carbocycles. The SMILES string of the molecule is C#CC(C)(C)N.CCc1ccccc1. The van der Waals surface area contributed by atoms with Crippen LogP contribution in [0.25, 0.3) is 0 Å². The van der Waals surface area contributed by atoms with Gasteiger partial charge >= 0.3 is 0 Å². The molecule has 0 unspecified atom stereocenters. The maximum Gasteiger partial charge on any atom is 0.0716 e. The van der Waals surface area contributed by atoms with E-state index in [4.69, 9.17) is 12.2 Å². The summed E-state index contributed by atoms with van der Waals surface area (Å²) < 4.78 is 0. The van der Waals surface area contributed by atoms with Gasteiger partial charge < -0.3 is 5.73 Å². The zero-order valence-corrected chi connectivity index (χ0v) is 9.25. The van der Waals surface area contributed by atoms with Crippen LogP contribution in [0.2, 0.25) is 0 Å². The van der Waals surface area contributed by atoms with Crippen LogP contribution in [0.15, 0.2) is 30.3 Å². The van der Waals surface area contributed by atoms with E-state index >= 15 is 0 Å². The predicted octanol–water partition coefficient (Wildman–Crippen LogP) is 2.61. The van der Waals surface area contributed by atoms with Gasteiger partial charge in [-0.05, 0) is 25.8 Å². The van der Waals surface area contributed by atoms with Gasteiger partial charge in [0.2, 0.25) is 0 Å². The predicted molar refractivity (Wildman–Crippen MR) is 62.9 cm³/mol. The molecule has 1 aromatic rings. The van der Waals surface area contributed by atoms with Crippen LogP contribution in [-0.4, -0.2) is 5.54 Å². The molecule has 2 N–H and O–H groups in total. The summed E-state index contributed by atoms with van der Waals surface area (Å²) in [5.41, 5.74) is 6.28. The van der Waals surface area contributed by atoms with Crippen molar-refractivity contribution in [3.8, 4) is 12.3 Å². The normalized spacial score (nSPS) is 9.64. The Bertz CT molecular complexity index is 274. The van der Waals surface area contributed by atoms with Crippen LogP contribution >= 0.6 is 0 Å². The highest BCUT2D eigenvalue weighted by Crippen LogP contribution is 1.96. The molecule has 1 nitrogen and oxygen atoms in total. The summed E-state index contributed by atoms with van der Waals surface area (Å²) in [4.78, 5) is 0. The van der Waals surface area contributed by atoms with E-state index < -0.39 is 5.54 Å². The number of benzene rings is 1. The molecule has 1 aromatic carbocycles. The van der Waals surface area contributed by atoms with Crippen molar-refractivity contribution in [2.45, 2.75) is 32.7 Å². The van der Waals surface area contributed by atoms with Gasteiger partial charge in [-0.15, -0.1) is 6.42 Å². The number of hydrogen-bond acceptors (Lipinski definition) is 1. The molecule has 1 heteroatoms. The van der Waals surface area contributed by atoms with Crippen LogP contribution in [0.3, 0.4) is 0 Å². The van der Waals surface area contributed by atoms with Crippen LogP contribution in [0, 0.1) is 12.3 Å². The molecule has 0 spiro atoms. The number of terminal acetylenes is 1. The lowest BCUT2D eigenvalue weighted by molar-refractivity contribution is 0.681. The van der Waals surface area contributed by atoms with E-state index in [0.29, 0.717) is 0 Å². The zero-order valence-electron chi connectivity index (χ0n) is 9.25. The minimum absolute atomic E-state index is 0.431. The molecule has 0 amide bonds. The second kappa shape index (κ2) is 6.23. The molecule has 76 valence electrons. The average molecular weight is 189 g/mol. The minimum Gasteiger partial charge on any atom is -0.316 e. The van der Waals surface area contributed by atoms with Crippen LogP contribution in [0.1, 0.15) is 26.3 Å². The highest BCUT2D eigenvalue weighted by molar-refractivity contribution is 5.13. The van der Waals surface area contributed by atoms with Gasteiger partial charge in [0, 0.05) is 0 Å². The van der Waals surface area contributed by atoms with E-state index in [1.54, 1.807) is 13.8 Å². The summed E-state index contributed by atoms with van der Waals surface area (Å²) in [7, 11) is 0. The Morgan fingerprint density at radius 3 is 1.93 bits per heavy atom. The molecule has 0 aliphatic rings. The van der Waals surface area contributed by atoms with Crippen LogP contribution in [0.4, 0.5) is 0 Å². The molecular weight excluding hydrogens is 170 g/mol. The average Bonchev–Trinajstić information content (AvgIpc) is 2.19. The second-order valence-corrected chi connectivity index (χ2v) is 3.71. The third-order valence-corrected chi connectivity index (χ3v) is 1.62. The molecule has 0 radical (unpaired) electrons. The van der Waals surface area contributed by atoms with Crippen molar-refractivity contribution in [1.82, 2.24) is 0 Å². The molecule has 0 fully saturated rings. The summed E-state index contributed by atoms with van der Waals surface area (Å²) in [6, 6.07) is 10.5. The fourth-order valence-corrected chi connectivity index (χ4v) is 0.714.